The summed E-state index contributed by atoms with van der Waals surface area (Å²) in [5.74, 6) is -0.595. The largest absolute Gasteiger partial charge is 0.450 e. The van der Waals surface area contributed by atoms with E-state index in [2.05, 4.69) is 28.7 Å². The summed E-state index contributed by atoms with van der Waals surface area (Å²) in [4.78, 5) is 28.3. The van der Waals surface area contributed by atoms with Crippen LogP contribution in [0.3, 0.4) is 0 Å². The van der Waals surface area contributed by atoms with Crippen molar-refractivity contribution < 1.29 is 18.8 Å². The molecule has 1 amide bonds. The number of hydrogen-bond donors (Lipinski definition) is 1. The second-order valence-electron chi connectivity index (χ2n) is 4.27. The van der Waals surface area contributed by atoms with Gasteiger partial charge >= 0.3 is 5.91 Å². The molecule has 1 aromatic heterocycles. The van der Waals surface area contributed by atoms with Crippen LogP contribution >= 0.6 is 28.7 Å². The first-order valence-corrected chi connectivity index (χ1v) is 7.06. The standard InChI is InChI=1S/C13H13BrN2O4S/c1-15(19-3)13(18)12-8(6-17)7-4-9(14)10(16(2)21)5-11(7)20-12/h4-6,21H,1-3H3. The lowest BCUT2D eigenvalue weighted by Crippen LogP contribution is -2.25. The smallest absolute Gasteiger partial charge is 0.313 e. The van der Waals surface area contributed by atoms with Gasteiger partial charge < -0.3 is 8.72 Å². The fourth-order valence-corrected chi connectivity index (χ4v) is 2.79. The second kappa shape index (κ2) is 6.08. The van der Waals surface area contributed by atoms with Gasteiger partial charge in [0.1, 0.15) is 5.58 Å². The molecule has 0 saturated heterocycles. The van der Waals surface area contributed by atoms with Crippen LogP contribution in [0.1, 0.15) is 20.9 Å². The van der Waals surface area contributed by atoms with Crippen LogP contribution < -0.4 is 4.31 Å². The predicted molar refractivity (Wildman–Crippen MR) is 85.8 cm³/mol. The van der Waals surface area contributed by atoms with Gasteiger partial charge in [-0.05, 0) is 22.0 Å². The molecule has 0 atom stereocenters. The van der Waals surface area contributed by atoms with Crippen LogP contribution in [-0.2, 0) is 4.84 Å². The highest BCUT2D eigenvalue weighted by molar-refractivity contribution is 9.10. The highest BCUT2D eigenvalue weighted by Gasteiger charge is 2.24. The molecule has 21 heavy (non-hydrogen) atoms. The first-order valence-electron chi connectivity index (χ1n) is 5.86. The fourth-order valence-electron chi connectivity index (χ4n) is 1.87. The maximum absolute atomic E-state index is 12.1. The van der Waals surface area contributed by atoms with Gasteiger partial charge in [0.25, 0.3) is 0 Å². The molecular formula is C13H13BrN2O4S. The number of hydroxylamine groups is 2. The van der Waals surface area contributed by atoms with Crippen LogP contribution in [0.15, 0.2) is 21.0 Å². The van der Waals surface area contributed by atoms with Crippen LogP contribution in [0.5, 0.6) is 0 Å². The third-order valence-electron chi connectivity index (χ3n) is 3.02. The Labute approximate surface area is 135 Å². The van der Waals surface area contributed by atoms with E-state index in [-0.39, 0.29) is 11.3 Å². The van der Waals surface area contributed by atoms with Crippen molar-refractivity contribution in [1.29, 1.82) is 0 Å². The Hall–Kier alpha value is -1.51. The van der Waals surface area contributed by atoms with Gasteiger partial charge in [-0.25, -0.2) is 5.06 Å². The normalized spacial score (nSPS) is 10.7. The Kier molecular flexibility index (Phi) is 4.60. The molecule has 112 valence electrons. The van der Waals surface area contributed by atoms with Crippen LogP contribution in [-0.4, -0.2) is 38.5 Å². The Balaban J connectivity index is 2.69. The molecule has 0 fully saturated rings. The first-order chi connectivity index (χ1) is 9.90. The number of aldehydes is 1. The number of carbonyl (C=O) groups is 2. The quantitative estimate of drug-likeness (QED) is 0.507. The third-order valence-corrected chi connectivity index (χ3v) is 3.87. The van der Waals surface area contributed by atoms with Crippen molar-refractivity contribution in [3.8, 4) is 0 Å². The van der Waals surface area contributed by atoms with E-state index < -0.39 is 5.91 Å². The molecule has 0 saturated carbocycles. The number of fused-ring (bicyclic) bond motifs is 1. The lowest BCUT2D eigenvalue weighted by atomic mass is 10.1. The number of nitrogens with zero attached hydrogens (tertiary/aromatic N) is 2. The number of carbonyl (C=O) groups excluding carboxylic acids is 2. The van der Waals surface area contributed by atoms with Crippen LogP contribution in [0, 0.1) is 0 Å². The van der Waals surface area contributed by atoms with E-state index in [0.717, 1.165) is 15.2 Å². The summed E-state index contributed by atoms with van der Waals surface area (Å²) >= 11 is 7.63. The van der Waals surface area contributed by atoms with Gasteiger partial charge in [-0.15, -0.1) is 0 Å². The van der Waals surface area contributed by atoms with Crippen molar-refractivity contribution >= 4 is 57.6 Å². The molecule has 1 aromatic carbocycles. The van der Waals surface area contributed by atoms with E-state index in [1.807, 2.05) is 0 Å². The Morgan fingerprint density at radius 1 is 1.43 bits per heavy atom. The van der Waals surface area contributed by atoms with Gasteiger partial charge in [-0.1, -0.05) is 12.8 Å². The number of halogens is 1. The number of benzene rings is 1. The Morgan fingerprint density at radius 3 is 2.62 bits per heavy atom. The van der Waals surface area contributed by atoms with Gasteiger partial charge in [0, 0.05) is 30.0 Å². The van der Waals surface area contributed by atoms with Crippen molar-refractivity contribution in [2.45, 2.75) is 0 Å². The molecule has 0 N–H and O–H groups in total. The number of amides is 1. The lowest BCUT2D eigenvalue weighted by molar-refractivity contribution is -0.0772. The van der Waals surface area contributed by atoms with E-state index >= 15 is 0 Å². The molecule has 6 nitrogen and oxygen atoms in total. The van der Waals surface area contributed by atoms with Gasteiger partial charge in [0.15, 0.2) is 6.29 Å². The molecule has 0 unspecified atom stereocenters. The van der Waals surface area contributed by atoms with E-state index in [4.69, 9.17) is 9.25 Å². The zero-order chi connectivity index (χ0) is 15.7. The third kappa shape index (κ3) is 2.78. The van der Waals surface area contributed by atoms with Gasteiger partial charge in [-0.3, -0.25) is 14.4 Å². The number of thiol groups is 1. The molecule has 0 aliphatic heterocycles. The highest BCUT2D eigenvalue weighted by Crippen LogP contribution is 2.35. The molecule has 0 spiro atoms. The summed E-state index contributed by atoms with van der Waals surface area (Å²) in [5, 5.41) is 1.54. The molecular weight excluding hydrogens is 360 g/mol. The number of furan rings is 1. The number of hydrogen-bond acceptors (Lipinski definition) is 6. The summed E-state index contributed by atoms with van der Waals surface area (Å²) in [6.45, 7) is 0. The summed E-state index contributed by atoms with van der Waals surface area (Å²) in [5.41, 5.74) is 1.35. The lowest BCUT2D eigenvalue weighted by Gasteiger charge is -2.12. The van der Waals surface area contributed by atoms with Crippen LogP contribution in [0.2, 0.25) is 0 Å². The highest BCUT2D eigenvalue weighted by atomic mass is 79.9. The van der Waals surface area contributed by atoms with E-state index in [1.165, 1.54) is 14.2 Å². The minimum atomic E-state index is -0.535. The summed E-state index contributed by atoms with van der Waals surface area (Å²) in [6.07, 6.45) is 0.596. The average Bonchev–Trinajstić information content (AvgIpc) is 2.81. The maximum Gasteiger partial charge on any atom is 0.313 e. The van der Waals surface area contributed by atoms with E-state index in [9.17, 15) is 9.59 Å². The van der Waals surface area contributed by atoms with Gasteiger partial charge in [0.05, 0.1) is 18.4 Å². The van der Waals surface area contributed by atoms with Crippen molar-refractivity contribution in [1.82, 2.24) is 5.06 Å². The van der Waals surface area contributed by atoms with Crippen molar-refractivity contribution in [3.63, 3.8) is 0 Å². The van der Waals surface area contributed by atoms with E-state index in [0.29, 0.717) is 17.3 Å². The fraction of sp³-hybridized carbons (Fsp3) is 0.231. The predicted octanol–water partition coefficient (Wildman–Crippen LogP) is 2.92. The molecule has 8 heteroatoms. The summed E-state index contributed by atoms with van der Waals surface area (Å²) in [7, 11) is 4.54. The molecule has 2 aromatic rings. The van der Waals surface area contributed by atoms with Gasteiger partial charge in [-0.2, -0.15) is 0 Å². The molecule has 0 aliphatic rings. The second-order valence-corrected chi connectivity index (χ2v) is 5.73. The zero-order valence-corrected chi connectivity index (χ0v) is 14.1. The van der Waals surface area contributed by atoms with Crippen LogP contribution in [0.4, 0.5) is 5.69 Å². The monoisotopic (exact) mass is 372 g/mol. The van der Waals surface area contributed by atoms with Crippen molar-refractivity contribution in [3.05, 3.63) is 27.9 Å². The SMILES string of the molecule is CON(C)C(=O)c1oc2cc(N(C)S)c(Br)cc2c1C=O. The molecule has 2 rings (SSSR count). The minimum absolute atomic E-state index is 0.0600. The number of rotatable bonds is 4. The average molecular weight is 373 g/mol. The molecule has 0 aliphatic carbocycles. The Morgan fingerprint density at radius 2 is 2.10 bits per heavy atom. The number of anilines is 1. The first kappa shape index (κ1) is 15.9. The maximum atomic E-state index is 12.1. The van der Waals surface area contributed by atoms with Gasteiger partial charge in [0.2, 0.25) is 5.76 Å². The summed E-state index contributed by atoms with van der Waals surface area (Å²) in [6, 6.07) is 3.41. The summed E-state index contributed by atoms with van der Waals surface area (Å²) < 4.78 is 7.86. The molecule has 1 heterocycles. The van der Waals surface area contributed by atoms with Crippen molar-refractivity contribution in [2.75, 3.05) is 25.5 Å². The van der Waals surface area contributed by atoms with Crippen molar-refractivity contribution in [2.24, 2.45) is 0 Å². The Bertz CT molecular complexity index is 714. The van der Waals surface area contributed by atoms with Crippen LogP contribution in [0.25, 0.3) is 11.0 Å². The minimum Gasteiger partial charge on any atom is -0.450 e. The van der Waals surface area contributed by atoms with E-state index in [1.54, 1.807) is 23.5 Å². The topological polar surface area (TPSA) is 63.0 Å². The molecule has 0 radical (unpaired) electrons. The zero-order valence-electron chi connectivity index (χ0n) is 11.6. The molecule has 0 bridgehead atoms.